The second-order valence-corrected chi connectivity index (χ2v) is 10.5. The molecule has 0 saturated heterocycles. The standard InChI is InChI=1S/C36H26/c1-5-13-29-25(9-1)17-19-33(29)35(23-21-27-11-3-7-15-31(27)35)36(24-22-28-12-4-8-16-32(28)36)34-20-18-26-10-2-6-14-30(26)34/h1-24,33-34H. The van der Waals surface area contributed by atoms with Gasteiger partial charge in [-0.25, -0.2) is 0 Å². The zero-order valence-electron chi connectivity index (χ0n) is 20.0. The summed E-state index contributed by atoms with van der Waals surface area (Å²) in [5, 5.41) is 0. The molecule has 0 heterocycles. The third kappa shape index (κ3) is 2.35. The first-order valence-electron chi connectivity index (χ1n) is 12.9. The van der Waals surface area contributed by atoms with Crippen molar-refractivity contribution in [1.29, 1.82) is 0 Å². The van der Waals surface area contributed by atoms with Crippen LogP contribution in [0.25, 0.3) is 24.3 Å². The van der Waals surface area contributed by atoms with Crippen molar-refractivity contribution in [3.05, 3.63) is 166 Å². The SMILES string of the molecule is C1=CC(C2(C3(C4C=Cc5ccccc54)C=Cc4ccccc43)C=Cc3ccccc32)c2ccccc21. The molecule has 4 aromatic carbocycles. The van der Waals surface area contributed by atoms with Crippen molar-refractivity contribution in [2.24, 2.45) is 0 Å². The van der Waals surface area contributed by atoms with Gasteiger partial charge in [0.15, 0.2) is 0 Å². The van der Waals surface area contributed by atoms with E-state index in [0.717, 1.165) is 0 Å². The Hall–Kier alpha value is -4.16. The molecule has 0 N–H and O–H groups in total. The van der Waals surface area contributed by atoms with Gasteiger partial charge < -0.3 is 0 Å². The van der Waals surface area contributed by atoms with Crippen LogP contribution in [0, 0.1) is 0 Å². The van der Waals surface area contributed by atoms with E-state index in [1.807, 2.05) is 0 Å². The van der Waals surface area contributed by atoms with E-state index in [0.29, 0.717) is 0 Å². The maximum atomic E-state index is 2.55. The Morgan fingerprint density at radius 2 is 0.778 bits per heavy atom. The maximum Gasteiger partial charge on any atom is 0.0385 e. The van der Waals surface area contributed by atoms with Crippen LogP contribution in [0.2, 0.25) is 0 Å². The summed E-state index contributed by atoms with van der Waals surface area (Å²) < 4.78 is 0. The molecule has 0 spiro atoms. The molecule has 0 fully saturated rings. The minimum absolute atomic E-state index is 0.227. The monoisotopic (exact) mass is 458 g/mol. The molecular formula is C36H26. The highest BCUT2D eigenvalue weighted by molar-refractivity contribution is 5.81. The molecule has 4 aromatic rings. The normalized spacial score (nSPS) is 27.8. The van der Waals surface area contributed by atoms with E-state index in [1.54, 1.807) is 0 Å². The number of rotatable bonds is 3. The van der Waals surface area contributed by atoms with E-state index in [1.165, 1.54) is 44.5 Å². The Morgan fingerprint density at radius 3 is 1.25 bits per heavy atom. The van der Waals surface area contributed by atoms with Crippen LogP contribution in [0.15, 0.2) is 121 Å². The summed E-state index contributed by atoms with van der Waals surface area (Å²) in [4.78, 5) is 0. The highest BCUT2D eigenvalue weighted by Crippen LogP contribution is 2.67. The van der Waals surface area contributed by atoms with E-state index in [4.69, 9.17) is 0 Å². The predicted molar refractivity (Wildman–Crippen MR) is 151 cm³/mol. The third-order valence-electron chi connectivity index (χ3n) is 9.13. The van der Waals surface area contributed by atoms with Gasteiger partial charge in [0, 0.05) is 22.7 Å². The zero-order chi connectivity index (χ0) is 23.7. The minimum Gasteiger partial charge on any atom is -0.0751 e. The van der Waals surface area contributed by atoms with Gasteiger partial charge in [0.2, 0.25) is 0 Å². The van der Waals surface area contributed by atoms with Crippen LogP contribution in [0.4, 0.5) is 0 Å². The Morgan fingerprint density at radius 1 is 0.389 bits per heavy atom. The molecule has 8 rings (SSSR count). The van der Waals surface area contributed by atoms with Gasteiger partial charge in [0.25, 0.3) is 0 Å². The summed E-state index contributed by atoms with van der Waals surface area (Å²) in [5.41, 5.74) is 10.5. The maximum absolute atomic E-state index is 2.55. The smallest absolute Gasteiger partial charge is 0.0385 e. The summed E-state index contributed by atoms with van der Waals surface area (Å²) in [5.74, 6) is 0.455. The number of hydrogen-bond acceptors (Lipinski definition) is 0. The van der Waals surface area contributed by atoms with E-state index < -0.39 is 0 Å². The van der Waals surface area contributed by atoms with Gasteiger partial charge in [0.05, 0.1) is 0 Å². The van der Waals surface area contributed by atoms with Gasteiger partial charge in [-0.1, -0.05) is 146 Å². The van der Waals surface area contributed by atoms with E-state index >= 15 is 0 Å². The molecule has 0 heteroatoms. The van der Waals surface area contributed by atoms with Gasteiger partial charge in [-0.2, -0.15) is 0 Å². The molecule has 0 bridgehead atoms. The number of benzene rings is 4. The molecule has 170 valence electrons. The van der Waals surface area contributed by atoms with Crippen molar-refractivity contribution in [3.8, 4) is 0 Å². The summed E-state index contributed by atoms with van der Waals surface area (Å²) in [6.07, 6.45) is 19.5. The Kier molecular flexibility index (Phi) is 4.00. The van der Waals surface area contributed by atoms with Crippen LogP contribution in [0.1, 0.15) is 56.3 Å². The fraction of sp³-hybridized carbons (Fsp3) is 0.111. The van der Waals surface area contributed by atoms with Gasteiger partial charge in [-0.05, 0) is 44.5 Å². The molecule has 4 aliphatic rings. The number of fused-ring (bicyclic) bond motifs is 4. The van der Waals surface area contributed by atoms with Gasteiger partial charge in [-0.3, -0.25) is 0 Å². The van der Waals surface area contributed by atoms with Crippen LogP contribution >= 0.6 is 0 Å². The van der Waals surface area contributed by atoms with E-state index in [2.05, 4.69) is 146 Å². The molecule has 4 unspecified atom stereocenters. The molecule has 0 radical (unpaired) electrons. The van der Waals surface area contributed by atoms with Crippen molar-refractivity contribution in [3.63, 3.8) is 0 Å². The molecule has 0 nitrogen and oxygen atoms in total. The van der Waals surface area contributed by atoms with Gasteiger partial charge in [0.1, 0.15) is 0 Å². The molecule has 4 aliphatic carbocycles. The molecule has 0 saturated carbocycles. The Bertz CT molecular complexity index is 1540. The quantitative estimate of drug-likeness (QED) is 0.288. The molecule has 36 heavy (non-hydrogen) atoms. The molecule has 0 aliphatic heterocycles. The van der Waals surface area contributed by atoms with E-state index in [-0.39, 0.29) is 22.7 Å². The second kappa shape index (κ2) is 7.18. The fourth-order valence-electron chi connectivity index (χ4n) is 7.73. The summed E-state index contributed by atoms with van der Waals surface area (Å²) >= 11 is 0. The van der Waals surface area contributed by atoms with Crippen LogP contribution in [-0.2, 0) is 10.8 Å². The number of allylic oxidation sites excluding steroid dienone is 4. The molecule has 4 atom stereocenters. The zero-order valence-corrected chi connectivity index (χ0v) is 20.0. The average molecular weight is 459 g/mol. The number of hydrogen-bond donors (Lipinski definition) is 0. The van der Waals surface area contributed by atoms with Crippen molar-refractivity contribution in [1.82, 2.24) is 0 Å². The van der Waals surface area contributed by atoms with Crippen molar-refractivity contribution in [2.75, 3.05) is 0 Å². The highest BCUT2D eigenvalue weighted by atomic mass is 14.6. The Balaban J connectivity index is 1.50. The lowest BCUT2D eigenvalue weighted by Crippen LogP contribution is -2.52. The van der Waals surface area contributed by atoms with Gasteiger partial charge in [-0.15, -0.1) is 0 Å². The first kappa shape index (κ1) is 20.1. The molecule has 0 aromatic heterocycles. The lowest BCUT2D eigenvalue weighted by molar-refractivity contribution is 0.286. The predicted octanol–water partition coefficient (Wildman–Crippen LogP) is 8.54. The highest BCUT2D eigenvalue weighted by Gasteiger charge is 2.62. The lowest BCUT2D eigenvalue weighted by Gasteiger charge is -2.53. The summed E-state index contributed by atoms with van der Waals surface area (Å²) in [6, 6.07) is 36.1. The molecular weight excluding hydrogens is 432 g/mol. The minimum atomic E-state index is -0.276. The lowest BCUT2D eigenvalue weighted by atomic mass is 9.48. The van der Waals surface area contributed by atoms with Gasteiger partial charge >= 0.3 is 0 Å². The first-order valence-corrected chi connectivity index (χ1v) is 12.9. The van der Waals surface area contributed by atoms with Crippen molar-refractivity contribution in [2.45, 2.75) is 22.7 Å². The second-order valence-electron chi connectivity index (χ2n) is 10.5. The van der Waals surface area contributed by atoms with Crippen LogP contribution < -0.4 is 0 Å². The summed E-state index contributed by atoms with van der Waals surface area (Å²) in [7, 11) is 0. The topological polar surface area (TPSA) is 0 Å². The van der Waals surface area contributed by atoms with Crippen LogP contribution in [-0.4, -0.2) is 0 Å². The van der Waals surface area contributed by atoms with Crippen LogP contribution in [0.5, 0.6) is 0 Å². The van der Waals surface area contributed by atoms with Crippen molar-refractivity contribution < 1.29 is 0 Å². The van der Waals surface area contributed by atoms with Crippen LogP contribution in [0.3, 0.4) is 0 Å². The first-order chi connectivity index (χ1) is 17.8. The molecule has 0 amide bonds. The van der Waals surface area contributed by atoms with Crippen molar-refractivity contribution >= 4 is 24.3 Å². The average Bonchev–Trinajstić information content (AvgIpc) is 3.71. The van der Waals surface area contributed by atoms with E-state index in [9.17, 15) is 0 Å². The Labute approximate surface area is 212 Å². The fourth-order valence-corrected chi connectivity index (χ4v) is 7.73. The largest absolute Gasteiger partial charge is 0.0751 e. The third-order valence-corrected chi connectivity index (χ3v) is 9.13. The summed E-state index contributed by atoms with van der Waals surface area (Å²) in [6.45, 7) is 0.